The van der Waals surface area contributed by atoms with Crippen molar-refractivity contribution < 1.29 is 14.3 Å². The molecule has 0 saturated carbocycles. The van der Waals surface area contributed by atoms with Gasteiger partial charge in [-0.15, -0.1) is 0 Å². The predicted molar refractivity (Wildman–Crippen MR) is 115 cm³/mol. The Kier molecular flexibility index (Phi) is 7.05. The molecule has 2 N–H and O–H groups in total. The lowest BCUT2D eigenvalue weighted by molar-refractivity contribution is 0.102. The van der Waals surface area contributed by atoms with Gasteiger partial charge >= 0.3 is 0 Å². The fourth-order valence-electron chi connectivity index (χ4n) is 2.68. The highest BCUT2D eigenvalue weighted by Gasteiger charge is 2.07. The van der Waals surface area contributed by atoms with E-state index in [2.05, 4.69) is 22.5 Å². The lowest BCUT2D eigenvalue weighted by Gasteiger charge is -2.09. The molecule has 0 aliphatic rings. The fourth-order valence-corrected chi connectivity index (χ4v) is 2.68. The number of methoxy groups -OCH3 is 1. The van der Waals surface area contributed by atoms with Gasteiger partial charge in [-0.25, -0.2) is 4.98 Å². The number of nitrogens with one attached hydrogen (secondary N) is 2. The van der Waals surface area contributed by atoms with Gasteiger partial charge in [0.1, 0.15) is 23.9 Å². The Morgan fingerprint density at radius 2 is 1.69 bits per heavy atom. The second-order valence-electron chi connectivity index (χ2n) is 6.39. The number of ether oxygens (including phenoxy) is 2. The zero-order valence-corrected chi connectivity index (χ0v) is 16.6. The third kappa shape index (κ3) is 5.97. The minimum atomic E-state index is -0.184. The standard InChI is InChI=1S/C23H25N3O3/c1-3-17-4-7-19(8-5-17)26-23(27)18-6-13-22(25-16-18)24-14-15-29-21-11-9-20(28-2)10-12-21/h4-13,16H,3,14-15H2,1-2H3,(H,24,25)(H,26,27). The van der Waals surface area contributed by atoms with Gasteiger partial charge in [-0.2, -0.15) is 0 Å². The SMILES string of the molecule is CCc1ccc(NC(=O)c2ccc(NCCOc3ccc(OC)cc3)nc2)cc1. The highest BCUT2D eigenvalue weighted by atomic mass is 16.5. The van der Waals surface area contributed by atoms with Gasteiger partial charge in [-0.1, -0.05) is 19.1 Å². The largest absolute Gasteiger partial charge is 0.497 e. The molecule has 0 bridgehead atoms. The van der Waals surface area contributed by atoms with Crippen molar-refractivity contribution in [1.82, 2.24) is 4.98 Å². The van der Waals surface area contributed by atoms with Crippen LogP contribution in [-0.4, -0.2) is 31.2 Å². The van der Waals surface area contributed by atoms with E-state index in [0.29, 0.717) is 24.5 Å². The molecule has 1 aromatic heterocycles. The van der Waals surface area contributed by atoms with Crippen molar-refractivity contribution >= 4 is 17.4 Å². The first-order valence-corrected chi connectivity index (χ1v) is 9.55. The Morgan fingerprint density at radius 3 is 2.31 bits per heavy atom. The van der Waals surface area contributed by atoms with Crippen molar-refractivity contribution in [3.05, 3.63) is 78.0 Å². The number of pyridine rings is 1. The van der Waals surface area contributed by atoms with E-state index in [4.69, 9.17) is 9.47 Å². The van der Waals surface area contributed by atoms with E-state index in [-0.39, 0.29) is 5.91 Å². The van der Waals surface area contributed by atoms with E-state index < -0.39 is 0 Å². The monoisotopic (exact) mass is 391 g/mol. The van der Waals surface area contributed by atoms with Gasteiger partial charge in [-0.3, -0.25) is 4.79 Å². The molecule has 3 aromatic rings. The normalized spacial score (nSPS) is 10.3. The Labute approximate surface area is 170 Å². The number of carbonyl (C=O) groups is 1. The van der Waals surface area contributed by atoms with Crippen molar-refractivity contribution in [2.75, 3.05) is 30.9 Å². The van der Waals surface area contributed by atoms with Crippen molar-refractivity contribution in [1.29, 1.82) is 0 Å². The van der Waals surface area contributed by atoms with Crippen LogP contribution in [0.25, 0.3) is 0 Å². The molecular formula is C23H25N3O3. The molecule has 0 unspecified atom stereocenters. The van der Waals surface area contributed by atoms with Crippen molar-refractivity contribution in [3.8, 4) is 11.5 Å². The number of rotatable bonds is 9. The van der Waals surface area contributed by atoms with Crippen molar-refractivity contribution in [2.24, 2.45) is 0 Å². The number of hydrogen-bond acceptors (Lipinski definition) is 5. The molecule has 0 atom stereocenters. The van der Waals surface area contributed by atoms with Gasteiger partial charge in [-0.05, 0) is 60.5 Å². The lowest BCUT2D eigenvalue weighted by Crippen LogP contribution is -2.14. The fraction of sp³-hybridized carbons (Fsp3) is 0.217. The number of amides is 1. The second kappa shape index (κ2) is 10.1. The van der Waals surface area contributed by atoms with E-state index in [0.717, 1.165) is 23.6 Å². The van der Waals surface area contributed by atoms with Gasteiger partial charge in [0.25, 0.3) is 5.91 Å². The smallest absolute Gasteiger partial charge is 0.257 e. The molecule has 150 valence electrons. The maximum atomic E-state index is 12.3. The number of nitrogens with zero attached hydrogens (tertiary/aromatic N) is 1. The van der Waals surface area contributed by atoms with Crippen LogP contribution in [0.5, 0.6) is 11.5 Å². The number of hydrogen-bond donors (Lipinski definition) is 2. The third-order valence-corrected chi connectivity index (χ3v) is 4.38. The molecule has 0 aliphatic heterocycles. The van der Waals surface area contributed by atoms with Crippen molar-refractivity contribution in [3.63, 3.8) is 0 Å². The van der Waals surface area contributed by atoms with Crippen LogP contribution in [0.4, 0.5) is 11.5 Å². The van der Waals surface area contributed by atoms with Gasteiger partial charge < -0.3 is 20.1 Å². The molecule has 3 rings (SSSR count). The number of anilines is 2. The average molecular weight is 391 g/mol. The first kappa shape index (κ1) is 20.2. The summed E-state index contributed by atoms with van der Waals surface area (Å²) in [6.45, 7) is 3.18. The van der Waals surface area contributed by atoms with Crippen LogP contribution >= 0.6 is 0 Å². The molecule has 0 fully saturated rings. The van der Waals surface area contributed by atoms with E-state index in [1.165, 1.54) is 5.56 Å². The summed E-state index contributed by atoms with van der Waals surface area (Å²) in [5.41, 5.74) is 2.51. The first-order valence-electron chi connectivity index (χ1n) is 9.55. The average Bonchev–Trinajstić information content (AvgIpc) is 2.78. The molecule has 29 heavy (non-hydrogen) atoms. The number of aryl methyl sites for hydroxylation is 1. The molecule has 0 radical (unpaired) electrons. The van der Waals surface area contributed by atoms with Crippen LogP contribution in [0.2, 0.25) is 0 Å². The zero-order valence-electron chi connectivity index (χ0n) is 16.6. The Hall–Kier alpha value is -3.54. The van der Waals surface area contributed by atoms with Gasteiger partial charge in [0.2, 0.25) is 0 Å². The van der Waals surface area contributed by atoms with Gasteiger partial charge in [0.15, 0.2) is 0 Å². The molecule has 6 nitrogen and oxygen atoms in total. The minimum absolute atomic E-state index is 0.184. The van der Waals surface area contributed by atoms with Crippen molar-refractivity contribution in [2.45, 2.75) is 13.3 Å². The summed E-state index contributed by atoms with van der Waals surface area (Å²) in [6.07, 6.45) is 2.53. The summed E-state index contributed by atoms with van der Waals surface area (Å²) in [5.74, 6) is 2.07. The molecule has 0 aliphatic carbocycles. The molecular weight excluding hydrogens is 366 g/mol. The number of benzene rings is 2. The maximum Gasteiger partial charge on any atom is 0.257 e. The molecule has 6 heteroatoms. The minimum Gasteiger partial charge on any atom is -0.497 e. The number of carbonyl (C=O) groups excluding carboxylic acids is 1. The summed E-state index contributed by atoms with van der Waals surface area (Å²) in [6, 6.07) is 18.8. The quantitative estimate of drug-likeness (QED) is 0.529. The Balaban J connectivity index is 1.44. The maximum absolute atomic E-state index is 12.3. The topological polar surface area (TPSA) is 72.5 Å². The summed E-state index contributed by atoms with van der Waals surface area (Å²) in [4.78, 5) is 16.6. The summed E-state index contributed by atoms with van der Waals surface area (Å²) in [5, 5.41) is 6.05. The predicted octanol–water partition coefficient (Wildman–Crippen LogP) is 4.40. The second-order valence-corrected chi connectivity index (χ2v) is 6.39. The Morgan fingerprint density at radius 1 is 0.966 bits per heavy atom. The summed E-state index contributed by atoms with van der Waals surface area (Å²) < 4.78 is 10.8. The van der Waals surface area contributed by atoms with Crippen LogP contribution in [0, 0.1) is 0 Å². The molecule has 2 aromatic carbocycles. The third-order valence-electron chi connectivity index (χ3n) is 4.38. The summed E-state index contributed by atoms with van der Waals surface area (Å²) >= 11 is 0. The number of aromatic nitrogens is 1. The lowest BCUT2D eigenvalue weighted by atomic mass is 10.1. The van der Waals surface area contributed by atoms with Crippen LogP contribution in [0.3, 0.4) is 0 Å². The van der Waals surface area contributed by atoms with Gasteiger partial charge in [0, 0.05) is 11.9 Å². The zero-order chi connectivity index (χ0) is 20.5. The van der Waals surface area contributed by atoms with Crippen LogP contribution in [0.15, 0.2) is 66.9 Å². The van der Waals surface area contributed by atoms with E-state index in [1.54, 1.807) is 25.4 Å². The van der Waals surface area contributed by atoms with E-state index >= 15 is 0 Å². The van der Waals surface area contributed by atoms with Crippen LogP contribution in [0.1, 0.15) is 22.8 Å². The molecule has 1 heterocycles. The molecule has 1 amide bonds. The summed E-state index contributed by atoms with van der Waals surface area (Å²) in [7, 11) is 1.63. The highest BCUT2D eigenvalue weighted by Crippen LogP contribution is 2.17. The van der Waals surface area contributed by atoms with E-state index in [1.807, 2.05) is 48.5 Å². The van der Waals surface area contributed by atoms with Crippen LogP contribution in [-0.2, 0) is 6.42 Å². The Bertz CT molecular complexity index is 908. The molecule has 0 spiro atoms. The van der Waals surface area contributed by atoms with Crippen LogP contribution < -0.4 is 20.1 Å². The highest BCUT2D eigenvalue weighted by molar-refractivity contribution is 6.04. The molecule has 0 saturated heterocycles. The van der Waals surface area contributed by atoms with E-state index in [9.17, 15) is 4.79 Å². The first-order chi connectivity index (χ1) is 14.2. The van der Waals surface area contributed by atoms with Gasteiger partial charge in [0.05, 0.1) is 19.2 Å².